The fraction of sp³-hybridized carbons (Fsp3) is 0.455. The van der Waals surface area contributed by atoms with Gasteiger partial charge in [0.05, 0.1) is 24.0 Å². The van der Waals surface area contributed by atoms with Gasteiger partial charge in [-0.05, 0) is 18.5 Å². The molecular formula is C11H13N3O2S. The maximum absolute atomic E-state index is 5.43. The standard InChI is InChI=1S/C11H13N3O2S/c1-12-8-6-15-5-7(8)11-13-10(14-16-11)9-3-2-4-17-9/h2-4,7-8,12H,5-6H2,1H3. The summed E-state index contributed by atoms with van der Waals surface area (Å²) in [6.45, 7) is 1.33. The topological polar surface area (TPSA) is 60.2 Å². The van der Waals surface area contributed by atoms with E-state index in [1.807, 2.05) is 24.6 Å². The average Bonchev–Trinajstić information content (AvgIpc) is 3.09. The number of nitrogens with one attached hydrogen (secondary N) is 1. The van der Waals surface area contributed by atoms with E-state index in [0.29, 0.717) is 24.9 Å². The highest BCUT2D eigenvalue weighted by Crippen LogP contribution is 2.27. The maximum atomic E-state index is 5.43. The second-order valence-electron chi connectivity index (χ2n) is 3.97. The molecule has 6 heteroatoms. The number of rotatable bonds is 3. The molecule has 2 atom stereocenters. The minimum absolute atomic E-state index is 0.154. The first-order chi connectivity index (χ1) is 8.38. The van der Waals surface area contributed by atoms with Crippen LogP contribution in [-0.4, -0.2) is 36.4 Å². The van der Waals surface area contributed by atoms with Crippen LogP contribution in [-0.2, 0) is 4.74 Å². The zero-order valence-corrected chi connectivity index (χ0v) is 10.2. The second-order valence-corrected chi connectivity index (χ2v) is 4.92. The van der Waals surface area contributed by atoms with E-state index in [2.05, 4.69) is 15.5 Å². The smallest absolute Gasteiger partial charge is 0.234 e. The minimum atomic E-state index is 0.154. The van der Waals surface area contributed by atoms with Gasteiger partial charge in [-0.15, -0.1) is 11.3 Å². The summed E-state index contributed by atoms with van der Waals surface area (Å²) >= 11 is 1.61. The van der Waals surface area contributed by atoms with Crippen molar-refractivity contribution in [3.63, 3.8) is 0 Å². The number of nitrogens with zero attached hydrogens (tertiary/aromatic N) is 2. The van der Waals surface area contributed by atoms with E-state index in [4.69, 9.17) is 9.26 Å². The van der Waals surface area contributed by atoms with Gasteiger partial charge in [-0.25, -0.2) is 0 Å². The van der Waals surface area contributed by atoms with Crippen molar-refractivity contribution in [2.75, 3.05) is 20.3 Å². The molecule has 0 bridgehead atoms. The van der Waals surface area contributed by atoms with Gasteiger partial charge in [-0.3, -0.25) is 0 Å². The molecule has 1 saturated heterocycles. The van der Waals surface area contributed by atoms with Crippen LogP contribution >= 0.6 is 11.3 Å². The van der Waals surface area contributed by atoms with Crippen molar-refractivity contribution in [3.8, 4) is 10.7 Å². The van der Waals surface area contributed by atoms with E-state index in [-0.39, 0.29) is 12.0 Å². The third-order valence-electron chi connectivity index (χ3n) is 2.95. The first-order valence-electron chi connectivity index (χ1n) is 5.51. The predicted octanol–water partition coefficient (Wildman–Crippen LogP) is 1.50. The second kappa shape index (κ2) is 4.56. The van der Waals surface area contributed by atoms with E-state index < -0.39 is 0 Å². The number of hydrogen-bond acceptors (Lipinski definition) is 6. The molecule has 0 amide bonds. The van der Waals surface area contributed by atoms with E-state index in [9.17, 15) is 0 Å². The molecule has 2 aromatic rings. The molecule has 0 spiro atoms. The van der Waals surface area contributed by atoms with E-state index >= 15 is 0 Å². The Morgan fingerprint density at radius 3 is 3.18 bits per heavy atom. The van der Waals surface area contributed by atoms with Crippen LogP contribution in [0.15, 0.2) is 22.0 Å². The third kappa shape index (κ3) is 1.99. The monoisotopic (exact) mass is 251 g/mol. The Bertz CT molecular complexity index is 483. The summed E-state index contributed by atoms with van der Waals surface area (Å²) < 4.78 is 10.8. The van der Waals surface area contributed by atoms with Gasteiger partial charge in [0.25, 0.3) is 0 Å². The van der Waals surface area contributed by atoms with Crippen molar-refractivity contribution in [2.24, 2.45) is 0 Å². The van der Waals surface area contributed by atoms with Gasteiger partial charge in [0, 0.05) is 6.04 Å². The molecule has 5 nitrogen and oxygen atoms in total. The average molecular weight is 251 g/mol. The van der Waals surface area contributed by atoms with Crippen LogP contribution in [0.4, 0.5) is 0 Å². The summed E-state index contributed by atoms with van der Waals surface area (Å²) in [5.41, 5.74) is 0. The fourth-order valence-corrected chi connectivity index (χ4v) is 2.62. The summed E-state index contributed by atoms with van der Waals surface area (Å²) in [6, 6.07) is 4.22. The first-order valence-corrected chi connectivity index (χ1v) is 6.39. The Kier molecular flexibility index (Phi) is 2.92. The van der Waals surface area contributed by atoms with Gasteiger partial charge in [0.15, 0.2) is 0 Å². The van der Waals surface area contributed by atoms with E-state index in [0.717, 1.165) is 4.88 Å². The van der Waals surface area contributed by atoms with Crippen molar-refractivity contribution in [1.82, 2.24) is 15.5 Å². The molecular weight excluding hydrogens is 238 g/mol. The van der Waals surface area contributed by atoms with Gasteiger partial charge in [-0.2, -0.15) is 4.98 Å². The lowest BCUT2D eigenvalue weighted by Crippen LogP contribution is -2.31. The lowest BCUT2D eigenvalue weighted by molar-refractivity contribution is 0.185. The quantitative estimate of drug-likeness (QED) is 0.895. The molecule has 90 valence electrons. The third-order valence-corrected chi connectivity index (χ3v) is 3.82. The number of ether oxygens (including phenoxy) is 1. The molecule has 1 aliphatic rings. The lowest BCUT2D eigenvalue weighted by atomic mass is 10.0. The highest BCUT2D eigenvalue weighted by molar-refractivity contribution is 7.13. The summed E-state index contributed by atoms with van der Waals surface area (Å²) in [5, 5.41) is 9.22. The first kappa shape index (κ1) is 10.9. The molecule has 0 aromatic carbocycles. The van der Waals surface area contributed by atoms with Crippen LogP contribution in [0.5, 0.6) is 0 Å². The van der Waals surface area contributed by atoms with Gasteiger partial charge in [0.2, 0.25) is 11.7 Å². The molecule has 1 fully saturated rings. The zero-order valence-electron chi connectivity index (χ0n) is 9.42. The van der Waals surface area contributed by atoms with Crippen molar-refractivity contribution in [2.45, 2.75) is 12.0 Å². The van der Waals surface area contributed by atoms with Gasteiger partial charge >= 0.3 is 0 Å². The predicted molar refractivity (Wildman–Crippen MR) is 64.0 cm³/mol. The van der Waals surface area contributed by atoms with E-state index in [1.165, 1.54) is 0 Å². The van der Waals surface area contributed by atoms with Gasteiger partial charge in [-0.1, -0.05) is 11.2 Å². The Morgan fingerprint density at radius 2 is 2.41 bits per heavy atom. The summed E-state index contributed by atoms with van der Waals surface area (Å²) in [4.78, 5) is 5.47. The van der Waals surface area contributed by atoms with Crippen molar-refractivity contribution >= 4 is 11.3 Å². The summed E-state index contributed by atoms with van der Waals surface area (Å²) in [5.74, 6) is 1.48. The van der Waals surface area contributed by atoms with Crippen LogP contribution in [0.3, 0.4) is 0 Å². The van der Waals surface area contributed by atoms with Gasteiger partial charge < -0.3 is 14.6 Å². The highest BCUT2D eigenvalue weighted by atomic mass is 32.1. The molecule has 1 aliphatic heterocycles. The molecule has 0 saturated carbocycles. The fourth-order valence-electron chi connectivity index (χ4n) is 1.97. The van der Waals surface area contributed by atoms with Crippen LogP contribution in [0, 0.1) is 0 Å². The number of aromatic nitrogens is 2. The zero-order chi connectivity index (χ0) is 11.7. The molecule has 2 aromatic heterocycles. The van der Waals surface area contributed by atoms with Gasteiger partial charge in [0.1, 0.15) is 0 Å². The number of hydrogen-bond donors (Lipinski definition) is 1. The van der Waals surface area contributed by atoms with Crippen LogP contribution < -0.4 is 5.32 Å². The highest BCUT2D eigenvalue weighted by Gasteiger charge is 2.33. The van der Waals surface area contributed by atoms with Crippen molar-refractivity contribution < 1.29 is 9.26 Å². The van der Waals surface area contributed by atoms with Crippen molar-refractivity contribution in [1.29, 1.82) is 0 Å². The van der Waals surface area contributed by atoms with Crippen molar-refractivity contribution in [3.05, 3.63) is 23.4 Å². The molecule has 2 unspecified atom stereocenters. The Hall–Kier alpha value is -1.24. The summed E-state index contributed by atoms with van der Waals surface area (Å²) in [6.07, 6.45) is 0. The normalized spacial score (nSPS) is 24.3. The summed E-state index contributed by atoms with van der Waals surface area (Å²) in [7, 11) is 1.92. The number of thiophene rings is 1. The largest absolute Gasteiger partial charge is 0.379 e. The van der Waals surface area contributed by atoms with Crippen LogP contribution in [0.25, 0.3) is 10.7 Å². The Labute approximate surface area is 103 Å². The Morgan fingerprint density at radius 1 is 1.47 bits per heavy atom. The molecule has 0 radical (unpaired) electrons. The van der Waals surface area contributed by atoms with Crippen LogP contribution in [0.2, 0.25) is 0 Å². The molecule has 3 heterocycles. The maximum Gasteiger partial charge on any atom is 0.234 e. The minimum Gasteiger partial charge on any atom is -0.379 e. The molecule has 0 aliphatic carbocycles. The SMILES string of the molecule is CNC1COCC1c1nc(-c2cccs2)no1. The molecule has 3 rings (SSSR count). The van der Waals surface area contributed by atoms with E-state index in [1.54, 1.807) is 11.3 Å². The number of likely N-dealkylation sites (N-methyl/N-ethyl adjacent to an activating group) is 1. The molecule has 17 heavy (non-hydrogen) atoms. The molecule has 1 N–H and O–H groups in total. The van der Waals surface area contributed by atoms with Crippen LogP contribution in [0.1, 0.15) is 11.8 Å². The Balaban J connectivity index is 1.85. The lowest BCUT2D eigenvalue weighted by Gasteiger charge is -2.11.